The second-order valence-electron chi connectivity index (χ2n) is 14.1. The lowest BCUT2D eigenvalue weighted by Gasteiger charge is -2.39. The van der Waals surface area contributed by atoms with Gasteiger partial charge >= 0.3 is 11.9 Å². The molecule has 1 rings (SSSR count). The Morgan fingerprint density at radius 3 is 1.69 bits per heavy atom. The van der Waals surface area contributed by atoms with Gasteiger partial charge in [-0.1, -0.05) is 141 Å². The molecule has 2 unspecified atom stereocenters. The average molecular weight is 727 g/mol. The lowest BCUT2D eigenvalue weighted by Crippen LogP contribution is -2.59. The molecule has 0 aromatic carbocycles. The fraction of sp³-hybridized carbons (Fsp3) is 0.854. The van der Waals surface area contributed by atoms with Crippen molar-refractivity contribution in [2.75, 3.05) is 19.8 Å². The molecule has 0 amide bonds. The third-order valence-electron chi connectivity index (χ3n) is 9.34. The number of unbranched alkanes of at least 4 members (excludes halogenated alkanes) is 18. The molecule has 0 aromatic rings. The van der Waals surface area contributed by atoms with E-state index in [-0.39, 0.29) is 32.0 Å². The van der Waals surface area contributed by atoms with Crippen LogP contribution in [0.15, 0.2) is 24.3 Å². The number of hydrogen-bond acceptors (Lipinski definition) is 10. The molecule has 0 aromatic heterocycles. The Morgan fingerprint density at radius 2 is 1.12 bits per heavy atom. The summed E-state index contributed by atoms with van der Waals surface area (Å²) in [5.74, 6) is -0.821. The second-order valence-corrected chi connectivity index (χ2v) is 14.1. The first kappa shape index (κ1) is 47.2. The Kier molecular flexibility index (Phi) is 30.4. The predicted octanol–water partition coefficient (Wildman–Crippen LogP) is 7.77. The molecule has 10 heteroatoms. The molecule has 0 bridgehead atoms. The van der Waals surface area contributed by atoms with E-state index in [1.165, 1.54) is 70.6 Å². The van der Waals surface area contributed by atoms with Crippen molar-refractivity contribution in [3.63, 3.8) is 0 Å². The first-order chi connectivity index (χ1) is 24.8. The van der Waals surface area contributed by atoms with Crippen molar-refractivity contribution >= 4 is 11.9 Å². The normalized spacial score (nSPS) is 21.4. The average Bonchev–Trinajstić information content (AvgIpc) is 3.13. The summed E-state index contributed by atoms with van der Waals surface area (Å²) in [4.78, 5) is 25.2. The summed E-state index contributed by atoms with van der Waals surface area (Å²) in [5, 5.41) is 39.9. The van der Waals surface area contributed by atoms with Gasteiger partial charge in [0.25, 0.3) is 0 Å². The van der Waals surface area contributed by atoms with Crippen LogP contribution in [-0.2, 0) is 28.5 Å². The zero-order valence-corrected chi connectivity index (χ0v) is 32.1. The van der Waals surface area contributed by atoms with E-state index in [9.17, 15) is 30.0 Å². The van der Waals surface area contributed by atoms with Gasteiger partial charge in [0, 0.05) is 12.8 Å². The smallest absolute Gasteiger partial charge is 0.306 e. The van der Waals surface area contributed by atoms with Gasteiger partial charge in [0.05, 0.1) is 13.2 Å². The maximum absolute atomic E-state index is 12.7. The molecule has 4 N–H and O–H groups in total. The summed E-state index contributed by atoms with van der Waals surface area (Å²) in [6.45, 7) is 3.35. The first-order valence-corrected chi connectivity index (χ1v) is 20.4. The Balaban J connectivity index is 2.39. The number of carbonyl (C=O) groups excluding carboxylic acids is 2. The van der Waals surface area contributed by atoms with Crippen molar-refractivity contribution in [2.24, 2.45) is 0 Å². The van der Waals surface area contributed by atoms with Gasteiger partial charge in [0.15, 0.2) is 12.4 Å². The van der Waals surface area contributed by atoms with Crippen LogP contribution < -0.4 is 0 Å². The van der Waals surface area contributed by atoms with Crippen LogP contribution in [0.1, 0.15) is 168 Å². The summed E-state index contributed by atoms with van der Waals surface area (Å²) in [7, 11) is 0. The summed E-state index contributed by atoms with van der Waals surface area (Å²) < 4.78 is 22.1. The van der Waals surface area contributed by atoms with Gasteiger partial charge < -0.3 is 39.4 Å². The van der Waals surface area contributed by atoms with E-state index in [4.69, 9.17) is 18.9 Å². The minimum absolute atomic E-state index is 0.216. The number of aliphatic hydroxyl groups excluding tert-OH is 4. The predicted molar refractivity (Wildman–Crippen MR) is 201 cm³/mol. The molecule has 0 saturated carbocycles. The highest BCUT2D eigenvalue weighted by molar-refractivity contribution is 5.70. The Hall–Kier alpha value is -1.82. The minimum atomic E-state index is -1.59. The van der Waals surface area contributed by atoms with E-state index in [1.807, 2.05) is 0 Å². The number of rotatable bonds is 33. The zero-order valence-electron chi connectivity index (χ0n) is 32.1. The molecular weight excluding hydrogens is 652 g/mol. The van der Waals surface area contributed by atoms with Crippen LogP contribution in [-0.4, -0.2) is 89.0 Å². The summed E-state index contributed by atoms with van der Waals surface area (Å²) >= 11 is 0. The van der Waals surface area contributed by atoms with Gasteiger partial charge in [0.1, 0.15) is 31.0 Å². The zero-order chi connectivity index (χ0) is 37.4. The monoisotopic (exact) mass is 727 g/mol. The third-order valence-corrected chi connectivity index (χ3v) is 9.34. The Morgan fingerprint density at radius 1 is 0.608 bits per heavy atom. The quantitative estimate of drug-likeness (QED) is 0.0300. The summed E-state index contributed by atoms with van der Waals surface area (Å²) in [6.07, 6.45) is 26.1. The van der Waals surface area contributed by atoms with Crippen LogP contribution >= 0.6 is 0 Å². The number of allylic oxidation sites excluding steroid dienone is 4. The molecule has 0 radical (unpaired) electrons. The van der Waals surface area contributed by atoms with Crippen molar-refractivity contribution in [3.05, 3.63) is 24.3 Å². The number of esters is 2. The fourth-order valence-electron chi connectivity index (χ4n) is 6.03. The molecule has 1 aliphatic heterocycles. The minimum Gasteiger partial charge on any atom is -0.462 e. The lowest BCUT2D eigenvalue weighted by molar-refractivity contribution is -0.305. The van der Waals surface area contributed by atoms with Crippen molar-refractivity contribution in [2.45, 2.75) is 205 Å². The third kappa shape index (κ3) is 24.9. The van der Waals surface area contributed by atoms with E-state index in [0.717, 1.165) is 64.2 Å². The standard InChI is InChI=1S/C41H74O10/c1-3-5-7-9-11-13-15-17-18-20-22-24-26-28-30-37(44)50-34(33-49-41-40(47)39(46)38(45)35(31-42)51-41)32-48-36(43)29-27-25-23-21-19-16-14-12-10-8-6-4-2/h9,11,15,17,34-35,38-42,45-47H,3-8,10,12-14,16,18-33H2,1-2H3/b11-9+,17-15+/t34-,35-,38+,39?,40?,41-/m1/s1. The molecule has 10 nitrogen and oxygen atoms in total. The van der Waals surface area contributed by atoms with Crippen LogP contribution in [0.2, 0.25) is 0 Å². The van der Waals surface area contributed by atoms with Gasteiger partial charge in [-0.05, 0) is 38.5 Å². The van der Waals surface area contributed by atoms with E-state index in [1.54, 1.807) is 0 Å². The van der Waals surface area contributed by atoms with E-state index >= 15 is 0 Å². The number of hydrogen-bond donors (Lipinski definition) is 4. The summed E-state index contributed by atoms with van der Waals surface area (Å²) in [5.41, 5.74) is 0. The molecule has 6 atom stereocenters. The SMILES string of the molecule is CCCC/C=C/C/C=C/CCCCCCCC(=O)O[C@H](COC(=O)CCCCCCCCCCCCCC)CO[C@@H]1O[C@H](CO)[C@H](O)C(O)C1O. The maximum atomic E-state index is 12.7. The largest absolute Gasteiger partial charge is 0.462 e. The molecule has 1 heterocycles. The van der Waals surface area contributed by atoms with Crippen LogP contribution in [0.25, 0.3) is 0 Å². The van der Waals surface area contributed by atoms with Crippen LogP contribution in [0.4, 0.5) is 0 Å². The van der Waals surface area contributed by atoms with Crippen LogP contribution in [0.5, 0.6) is 0 Å². The summed E-state index contributed by atoms with van der Waals surface area (Å²) in [6, 6.07) is 0. The molecule has 1 aliphatic rings. The van der Waals surface area contributed by atoms with Crippen molar-refractivity contribution in [1.29, 1.82) is 0 Å². The highest BCUT2D eigenvalue weighted by Gasteiger charge is 2.44. The van der Waals surface area contributed by atoms with Crippen molar-refractivity contribution < 1.29 is 49.0 Å². The molecule has 0 aliphatic carbocycles. The highest BCUT2D eigenvalue weighted by Crippen LogP contribution is 2.22. The van der Waals surface area contributed by atoms with Crippen LogP contribution in [0, 0.1) is 0 Å². The highest BCUT2D eigenvalue weighted by atomic mass is 16.7. The van der Waals surface area contributed by atoms with E-state index in [2.05, 4.69) is 38.2 Å². The number of aliphatic hydroxyl groups is 4. The van der Waals surface area contributed by atoms with Gasteiger partial charge in [0.2, 0.25) is 0 Å². The van der Waals surface area contributed by atoms with Gasteiger partial charge in [-0.3, -0.25) is 9.59 Å². The van der Waals surface area contributed by atoms with Crippen molar-refractivity contribution in [3.8, 4) is 0 Å². The maximum Gasteiger partial charge on any atom is 0.306 e. The van der Waals surface area contributed by atoms with Gasteiger partial charge in [-0.15, -0.1) is 0 Å². The number of ether oxygens (including phenoxy) is 4. The molecular formula is C41H74O10. The molecule has 51 heavy (non-hydrogen) atoms. The molecule has 0 spiro atoms. The molecule has 1 saturated heterocycles. The second kappa shape index (κ2) is 32.8. The van der Waals surface area contributed by atoms with Gasteiger partial charge in [-0.2, -0.15) is 0 Å². The first-order valence-electron chi connectivity index (χ1n) is 20.4. The molecule has 1 fully saturated rings. The topological polar surface area (TPSA) is 152 Å². The number of carbonyl (C=O) groups is 2. The van der Waals surface area contributed by atoms with Crippen molar-refractivity contribution in [1.82, 2.24) is 0 Å². The molecule has 298 valence electrons. The lowest BCUT2D eigenvalue weighted by atomic mass is 9.99. The fourth-order valence-corrected chi connectivity index (χ4v) is 6.03. The Labute approximate surface area is 309 Å². The van der Waals surface area contributed by atoms with E-state index in [0.29, 0.717) is 6.42 Å². The van der Waals surface area contributed by atoms with E-state index < -0.39 is 49.4 Å². The van der Waals surface area contributed by atoms with Crippen LogP contribution in [0.3, 0.4) is 0 Å². The Bertz CT molecular complexity index is 892. The van der Waals surface area contributed by atoms with Gasteiger partial charge in [-0.25, -0.2) is 0 Å².